The van der Waals surface area contributed by atoms with Crippen molar-refractivity contribution >= 4 is 18.3 Å². The van der Waals surface area contributed by atoms with Crippen LogP contribution >= 0.6 is 12.4 Å². The number of halogens is 4. The lowest BCUT2D eigenvalue weighted by atomic mass is 9.90. The van der Waals surface area contributed by atoms with Gasteiger partial charge in [-0.25, -0.2) is 0 Å². The fourth-order valence-electron chi connectivity index (χ4n) is 3.09. The summed E-state index contributed by atoms with van der Waals surface area (Å²) in [6.45, 7) is 1.90. The smallest absolute Gasteiger partial charge is 0.353 e. The van der Waals surface area contributed by atoms with E-state index >= 15 is 0 Å². The second kappa shape index (κ2) is 7.52. The Labute approximate surface area is 162 Å². The fraction of sp³-hybridized carbons (Fsp3) is 0.350. The molecule has 3 nitrogen and oxygen atoms in total. The first-order valence-electron chi connectivity index (χ1n) is 8.46. The summed E-state index contributed by atoms with van der Waals surface area (Å²) in [5, 5.41) is 2.84. The summed E-state index contributed by atoms with van der Waals surface area (Å²) >= 11 is 0. The molecule has 1 unspecified atom stereocenters. The standard InChI is InChI=1S/C20H21F3N2O.ClH/c1-18(24,14-6-3-2-4-7-14)17(26)25-13-19(10-11-19)15-8-5-9-16(12-15)20(21,22)23;/h2-9,12H,10-11,13,24H2,1H3,(H,25,26);1H. The van der Waals surface area contributed by atoms with Gasteiger partial charge in [-0.3, -0.25) is 4.79 Å². The van der Waals surface area contributed by atoms with Crippen molar-refractivity contribution < 1.29 is 18.0 Å². The molecule has 0 spiro atoms. The third kappa shape index (κ3) is 4.45. The van der Waals surface area contributed by atoms with Crippen LogP contribution in [0.4, 0.5) is 13.2 Å². The minimum atomic E-state index is -4.38. The molecule has 146 valence electrons. The van der Waals surface area contributed by atoms with Crippen LogP contribution in [0.5, 0.6) is 0 Å². The van der Waals surface area contributed by atoms with Crippen LogP contribution in [-0.4, -0.2) is 12.5 Å². The van der Waals surface area contributed by atoms with E-state index in [9.17, 15) is 18.0 Å². The molecule has 0 bridgehead atoms. The number of amides is 1. The predicted octanol–water partition coefficient (Wildman–Crippen LogP) is 4.15. The van der Waals surface area contributed by atoms with Gasteiger partial charge in [-0.2, -0.15) is 13.2 Å². The van der Waals surface area contributed by atoms with Gasteiger partial charge in [-0.1, -0.05) is 48.5 Å². The van der Waals surface area contributed by atoms with E-state index in [2.05, 4.69) is 5.32 Å². The molecule has 27 heavy (non-hydrogen) atoms. The molecular weight excluding hydrogens is 377 g/mol. The van der Waals surface area contributed by atoms with Crippen LogP contribution in [0.2, 0.25) is 0 Å². The molecule has 1 atom stereocenters. The summed E-state index contributed by atoms with van der Waals surface area (Å²) in [5.41, 5.74) is 5.16. The van der Waals surface area contributed by atoms with Crippen LogP contribution in [0.25, 0.3) is 0 Å². The van der Waals surface area contributed by atoms with Gasteiger partial charge in [0.15, 0.2) is 0 Å². The first kappa shape index (κ1) is 21.3. The van der Waals surface area contributed by atoms with Crippen LogP contribution in [-0.2, 0) is 21.9 Å². The Balaban J connectivity index is 0.00000261. The van der Waals surface area contributed by atoms with Crippen LogP contribution in [0.3, 0.4) is 0 Å². The lowest BCUT2D eigenvalue weighted by Gasteiger charge is -2.26. The van der Waals surface area contributed by atoms with Gasteiger partial charge in [0, 0.05) is 12.0 Å². The Morgan fingerprint density at radius 3 is 2.22 bits per heavy atom. The summed E-state index contributed by atoms with van der Waals surface area (Å²) < 4.78 is 38.8. The van der Waals surface area contributed by atoms with Crippen molar-refractivity contribution in [1.29, 1.82) is 0 Å². The summed E-state index contributed by atoms with van der Waals surface area (Å²) in [5.74, 6) is -0.345. The van der Waals surface area contributed by atoms with Gasteiger partial charge in [0.1, 0.15) is 5.54 Å². The van der Waals surface area contributed by atoms with Gasteiger partial charge >= 0.3 is 6.18 Å². The molecule has 1 amide bonds. The topological polar surface area (TPSA) is 55.1 Å². The molecular formula is C20H22ClF3N2O. The second-order valence-corrected chi connectivity index (χ2v) is 7.11. The molecule has 7 heteroatoms. The molecule has 0 aromatic heterocycles. The highest BCUT2D eigenvalue weighted by molar-refractivity contribution is 5.87. The number of hydrogen-bond acceptors (Lipinski definition) is 2. The number of rotatable bonds is 5. The molecule has 0 aliphatic heterocycles. The fourth-order valence-corrected chi connectivity index (χ4v) is 3.09. The van der Waals surface area contributed by atoms with E-state index in [1.54, 1.807) is 37.3 Å². The van der Waals surface area contributed by atoms with E-state index in [1.165, 1.54) is 12.1 Å². The van der Waals surface area contributed by atoms with Crippen molar-refractivity contribution in [2.24, 2.45) is 5.73 Å². The van der Waals surface area contributed by atoms with Crippen LogP contribution in [0, 0.1) is 0 Å². The van der Waals surface area contributed by atoms with Crippen molar-refractivity contribution in [2.45, 2.75) is 36.9 Å². The van der Waals surface area contributed by atoms with Gasteiger partial charge in [-0.05, 0) is 37.0 Å². The Bertz CT molecular complexity index is 802. The van der Waals surface area contributed by atoms with Crippen molar-refractivity contribution in [3.63, 3.8) is 0 Å². The van der Waals surface area contributed by atoms with Crippen molar-refractivity contribution in [1.82, 2.24) is 5.32 Å². The monoisotopic (exact) mass is 398 g/mol. The minimum absolute atomic E-state index is 0. The molecule has 1 saturated carbocycles. The second-order valence-electron chi connectivity index (χ2n) is 7.11. The number of carbonyl (C=O) groups excluding carboxylic acids is 1. The SMILES string of the molecule is CC(N)(C(=O)NCC1(c2cccc(C(F)(F)F)c2)CC1)c1ccccc1.Cl. The first-order valence-corrected chi connectivity index (χ1v) is 8.46. The molecule has 0 radical (unpaired) electrons. The third-order valence-electron chi connectivity index (χ3n) is 5.09. The number of hydrogen-bond donors (Lipinski definition) is 2. The van der Waals surface area contributed by atoms with Crippen molar-refractivity contribution in [2.75, 3.05) is 6.54 Å². The summed E-state index contributed by atoms with van der Waals surface area (Å²) in [4.78, 5) is 12.6. The number of carbonyl (C=O) groups is 1. The molecule has 1 fully saturated rings. The molecule has 2 aromatic carbocycles. The van der Waals surface area contributed by atoms with Crippen molar-refractivity contribution in [3.05, 3.63) is 71.3 Å². The minimum Gasteiger partial charge on any atom is -0.353 e. The number of alkyl halides is 3. The van der Waals surface area contributed by atoms with Crippen LogP contribution in [0.1, 0.15) is 36.5 Å². The highest BCUT2D eigenvalue weighted by atomic mass is 35.5. The zero-order valence-electron chi connectivity index (χ0n) is 14.8. The predicted molar refractivity (Wildman–Crippen MR) is 101 cm³/mol. The number of benzene rings is 2. The summed E-state index contributed by atoms with van der Waals surface area (Å²) in [7, 11) is 0. The Morgan fingerprint density at radius 2 is 1.67 bits per heavy atom. The van der Waals surface area contributed by atoms with E-state index < -0.39 is 22.7 Å². The average molecular weight is 399 g/mol. The summed E-state index contributed by atoms with van der Waals surface area (Å²) in [6, 6.07) is 14.3. The maximum absolute atomic E-state index is 12.9. The molecule has 1 aliphatic rings. The zero-order chi connectivity index (χ0) is 19.0. The number of nitrogens with one attached hydrogen (secondary N) is 1. The number of nitrogens with two attached hydrogens (primary N) is 1. The van der Waals surface area contributed by atoms with Crippen LogP contribution in [0.15, 0.2) is 54.6 Å². The maximum Gasteiger partial charge on any atom is 0.416 e. The summed E-state index contributed by atoms with van der Waals surface area (Å²) in [6.07, 6.45) is -2.90. The Morgan fingerprint density at radius 1 is 1.07 bits per heavy atom. The average Bonchev–Trinajstić information content (AvgIpc) is 3.41. The van der Waals surface area contributed by atoms with Crippen molar-refractivity contribution in [3.8, 4) is 0 Å². The Kier molecular flexibility index (Phi) is 5.92. The highest BCUT2D eigenvalue weighted by Gasteiger charge is 2.46. The molecule has 0 heterocycles. The molecule has 3 rings (SSSR count). The first-order chi connectivity index (χ1) is 12.2. The third-order valence-corrected chi connectivity index (χ3v) is 5.09. The van der Waals surface area contributed by atoms with E-state index in [0.29, 0.717) is 11.1 Å². The zero-order valence-corrected chi connectivity index (χ0v) is 15.7. The van der Waals surface area contributed by atoms with Gasteiger partial charge in [0.2, 0.25) is 5.91 Å². The van der Waals surface area contributed by atoms with Gasteiger partial charge in [0.05, 0.1) is 5.56 Å². The lowest BCUT2D eigenvalue weighted by Crippen LogP contribution is -2.50. The Hall–Kier alpha value is -2.05. The van der Waals surface area contributed by atoms with E-state index in [0.717, 1.165) is 18.9 Å². The lowest BCUT2D eigenvalue weighted by molar-refractivity contribution is -0.137. The van der Waals surface area contributed by atoms with Crippen LogP contribution < -0.4 is 11.1 Å². The maximum atomic E-state index is 12.9. The molecule has 1 aliphatic carbocycles. The molecule has 3 N–H and O–H groups in total. The van der Waals surface area contributed by atoms with Gasteiger partial charge in [-0.15, -0.1) is 12.4 Å². The molecule has 0 saturated heterocycles. The highest BCUT2D eigenvalue weighted by Crippen LogP contribution is 2.48. The van der Waals surface area contributed by atoms with E-state index in [1.807, 2.05) is 6.07 Å². The normalized spacial score (nSPS) is 17.4. The quantitative estimate of drug-likeness (QED) is 0.795. The molecule has 2 aromatic rings. The largest absolute Gasteiger partial charge is 0.416 e. The van der Waals surface area contributed by atoms with E-state index in [4.69, 9.17) is 5.73 Å². The van der Waals surface area contributed by atoms with Gasteiger partial charge < -0.3 is 11.1 Å². The van der Waals surface area contributed by atoms with Gasteiger partial charge in [0.25, 0.3) is 0 Å². The van der Waals surface area contributed by atoms with E-state index in [-0.39, 0.29) is 24.9 Å².